The summed E-state index contributed by atoms with van der Waals surface area (Å²) in [7, 11) is -4.53. The van der Waals surface area contributed by atoms with Crippen LogP contribution < -0.4 is 11.1 Å². The van der Waals surface area contributed by atoms with Gasteiger partial charge in [-0.15, -0.1) is 0 Å². The summed E-state index contributed by atoms with van der Waals surface area (Å²) >= 11 is 0. The molecule has 34 heavy (non-hydrogen) atoms. The summed E-state index contributed by atoms with van der Waals surface area (Å²) in [6.45, 7) is 2.02. The van der Waals surface area contributed by atoms with E-state index in [0.29, 0.717) is 18.5 Å². The first-order valence-electron chi connectivity index (χ1n) is 11.0. The van der Waals surface area contributed by atoms with E-state index in [1.54, 1.807) is 30.3 Å². The van der Waals surface area contributed by atoms with Crippen LogP contribution in [0.1, 0.15) is 57.2 Å². The van der Waals surface area contributed by atoms with Gasteiger partial charge >= 0.3 is 10.0 Å². The predicted octanol–water partition coefficient (Wildman–Crippen LogP) is 3.98. The number of aryl methyl sites for hydroxylation is 1. The number of nitroso groups, excluding NO2 is 1. The smallest absolute Gasteiger partial charge is 0.397 e. The maximum absolute atomic E-state index is 13.5. The van der Waals surface area contributed by atoms with Crippen molar-refractivity contribution in [3.05, 3.63) is 87.3 Å². The summed E-state index contributed by atoms with van der Waals surface area (Å²) < 4.78 is 26.4. The molecule has 0 unspecified atom stereocenters. The van der Waals surface area contributed by atoms with Gasteiger partial charge in [0.05, 0.1) is 22.5 Å². The number of hydrogen-bond donors (Lipinski definition) is 2. The number of nitrogens with two attached hydrogens (primary N) is 1. The summed E-state index contributed by atoms with van der Waals surface area (Å²) in [6, 6.07) is 14.3. The van der Waals surface area contributed by atoms with Crippen molar-refractivity contribution >= 4 is 38.7 Å². The lowest BCUT2D eigenvalue weighted by Gasteiger charge is -2.23. The Kier molecular flexibility index (Phi) is 5.09. The zero-order valence-corrected chi connectivity index (χ0v) is 19.2. The average Bonchev–Trinajstić information content (AvgIpc) is 3.68. The van der Waals surface area contributed by atoms with E-state index in [1.165, 1.54) is 12.1 Å². The van der Waals surface area contributed by atoms with Crippen molar-refractivity contribution in [3.63, 3.8) is 0 Å². The third-order valence-corrected chi connectivity index (χ3v) is 7.87. The van der Waals surface area contributed by atoms with Crippen molar-refractivity contribution in [1.82, 2.24) is 0 Å². The molecular weight excluding hydrogens is 454 g/mol. The Morgan fingerprint density at radius 2 is 1.56 bits per heavy atom. The number of hydrogen-bond acceptors (Lipinski definition) is 7. The second kappa shape index (κ2) is 7.88. The molecular formula is C25H22N3O5S+. The van der Waals surface area contributed by atoms with Crippen molar-refractivity contribution in [2.75, 3.05) is 11.1 Å². The van der Waals surface area contributed by atoms with Gasteiger partial charge < -0.3 is 11.1 Å². The third kappa shape index (κ3) is 3.40. The zero-order valence-electron chi connectivity index (χ0n) is 18.4. The lowest BCUT2D eigenvalue weighted by atomic mass is 9.82. The Morgan fingerprint density at radius 3 is 2.12 bits per heavy atom. The second-order valence-electron chi connectivity index (χ2n) is 8.46. The average molecular weight is 477 g/mol. The van der Waals surface area contributed by atoms with Crippen molar-refractivity contribution in [1.29, 1.82) is 0 Å². The number of nitrogens with zero attached hydrogens (tertiary/aromatic N) is 1. The zero-order chi connectivity index (χ0) is 24.2. The first kappa shape index (κ1) is 22.0. The molecule has 3 aromatic carbocycles. The fraction of sp³-hybridized carbons (Fsp3) is 0.200. The molecule has 9 heteroatoms. The number of fused-ring (bicyclic) bond motifs is 2. The largest absolute Gasteiger partial charge is 0.439 e. The molecule has 172 valence electrons. The first-order chi connectivity index (χ1) is 16.2. The summed E-state index contributed by atoms with van der Waals surface area (Å²) in [4.78, 5) is 38.9. The van der Waals surface area contributed by atoms with Crippen molar-refractivity contribution in [3.8, 4) is 0 Å². The van der Waals surface area contributed by atoms with E-state index in [0.717, 1.165) is 12.0 Å². The number of ketones is 2. The molecule has 0 amide bonds. The molecule has 0 heterocycles. The van der Waals surface area contributed by atoms with Crippen LogP contribution in [0.3, 0.4) is 0 Å². The molecule has 0 aliphatic heterocycles. The summed E-state index contributed by atoms with van der Waals surface area (Å²) in [6.07, 6.45) is 1.77. The highest BCUT2D eigenvalue weighted by molar-refractivity contribution is 7.85. The van der Waals surface area contributed by atoms with Crippen LogP contribution in [0.2, 0.25) is 0 Å². The van der Waals surface area contributed by atoms with Crippen LogP contribution in [0.15, 0.2) is 59.5 Å². The highest BCUT2D eigenvalue weighted by Gasteiger charge is 2.49. The first-order valence-corrected chi connectivity index (χ1v) is 12.4. The number of anilines is 3. The molecule has 2 aliphatic rings. The van der Waals surface area contributed by atoms with Crippen LogP contribution in [0, 0.1) is 4.91 Å². The van der Waals surface area contributed by atoms with E-state index in [1.807, 2.05) is 19.1 Å². The van der Waals surface area contributed by atoms with Gasteiger partial charge in [0.25, 0.3) is 0 Å². The molecule has 0 radical (unpaired) electrons. The van der Waals surface area contributed by atoms with E-state index in [4.69, 9.17) is 5.73 Å². The number of nitrogens with one attached hydrogen (secondary N) is 1. The van der Waals surface area contributed by atoms with Gasteiger partial charge in [-0.3, -0.25) is 9.59 Å². The summed E-state index contributed by atoms with van der Waals surface area (Å²) in [5, 5.41) is 3.08. The molecule has 0 saturated heterocycles. The van der Waals surface area contributed by atoms with Crippen molar-refractivity contribution in [2.45, 2.75) is 37.1 Å². The second-order valence-corrected chi connectivity index (χ2v) is 10.2. The maximum Gasteiger partial charge on any atom is 0.439 e. The Morgan fingerprint density at radius 1 is 0.971 bits per heavy atom. The van der Waals surface area contributed by atoms with Crippen LogP contribution >= 0.6 is 0 Å². The van der Waals surface area contributed by atoms with Gasteiger partial charge in [0.2, 0.25) is 6.04 Å². The molecule has 3 N–H and O–H groups in total. The van der Waals surface area contributed by atoms with E-state index in [9.17, 15) is 22.9 Å². The van der Waals surface area contributed by atoms with Crippen molar-refractivity contribution in [2.24, 2.45) is 0 Å². The normalized spacial score (nSPS) is 15.0. The molecule has 5 rings (SSSR count). The van der Waals surface area contributed by atoms with Gasteiger partial charge in [0, 0.05) is 34.6 Å². The lowest BCUT2D eigenvalue weighted by Crippen LogP contribution is -2.27. The minimum atomic E-state index is -4.53. The molecule has 0 atom stereocenters. The van der Waals surface area contributed by atoms with Gasteiger partial charge in [0.1, 0.15) is 4.17 Å². The van der Waals surface area contributed by atoms with Crippen LogP contribution in [0.25, 0.3) is 0 Å². The molecule has 2 aliphatic carbocycles. The van der Waals surface area contributed by atoms with Crippen LogP contribution in [0.4, 0.5) is 17.1 Å². The standard InChI is InChI=1S/C25H21N3O5S/c1-2-14-7-9-15(10-8-14)27-19-13-20(34(32,33)28(31)16-11-12-16)23(26)22-21(19)24(29)17-5-3-4-6-18(17)25(22)30/h3-10,13,16H,2,11-12H2,1H3,(H2-,26,27,29,30)/p+1. The molecule has 0 spiro atoms. The number of sulfonamides is 1. The van der Waals surface area contributed by atoms with E-state index < -0.39 is 38.2 Å². The van der Waals surface area contributed by atoms with Gasteiger partial charge in [0.15, 0.2) is 16.5 Å². The SMILES string of the molecule is CCc1ccc(Nc2cc(S(=O)(=O)[N+](=O)C3CC3)c(N)c3c2C(=O)c2ccccc2C3=O)cc1. The molecule has 8 nitrogen and oxygen atoms in total. The minimum absolute atomic E-state index is 0.0106. The lowest BCUT2D eigenvalue weighted by molar-refractivity contribution is -0.405. The molecule has 1 fully saturated rings. The van der Waals surface area contributed by atoms with Gasteiger partial charge in [-0.05, 0) is 30.2 Å². The molecule has 0 aromatic heterocycles. The number of carbonyl (C=O) groups excluding carboxylic acids is 2. The van der Waals surface area contributed by atoms with Crippen LogP contribution in [-0.4, -0.2) is 30.2 Å². The number of rotatable bonds is 6. The Bertz CT molecular complexity index is 1490. The van der Waals surface area contributed by atoms with E-state index in [2.05, 4.69) is 5.32 Å². The van der Waals surface area contributed by atoms with E-state index >= 15 is 0 Å². The molecule has 1 saturated carbocycles. The van der Waals surface area contributed by atoms with E-state index in [-0.39, 0.29) is 32.1 Å². The number of carbonyl (C=O) groups is 2. The molecule has 0 bridgehead atoms. The third-order valence-electron chi connectivity index (χ3n) is 6.20. The topological polar surface area (TPSA) is 126 Å². The Hall–Kier alpha value is -3.85. The van der Waals surface area contributed by atoms with Gasteiger partial charge in [-0.25, -0.2) is 0 Å². The van der Waals surface area contributed by atoms with Gasteiger partial charge in [-0.1, -0.05) is 43.3 Å². The van der Waals surface area contributed by atoms with Gasteiger partial charge in [-0.2, -0.15) is 8.42 Å². The maximum atomic E-state index is 13.5. The number of nitrogen functional groups attached to an aromatic ring is 1. The highest BCUT2D eigenvalue weighted by atomic mass is 32.2. The fourth-order valence-corrected chi connectivity index (χ4v) is 5.61. The van der Waals surface area contributed by atoms with Crippen LogP contribution in [0.5, 0.6) is 0 Å². The minimum Gasteiger partial charge on any atom is -0.397 e. The summed E-state index contributed by atoms with van der Waals surface area (Å²) in [5.74, 6) is -1.01. The summed E-state index contributed by atoms with van der Waals surface area (Å²) in [5.41, 5.74) is 7.74. The van der Waals surface area contributed by atoms with Crippen molar-refractivity contribution < 1.29 is 22.2 Å². The Balaban J connectivity index is 1.74. The Labute approximate surface area is 196 Å². The molecule has 3 aromatic rings. The monoisotopic (exact) mass is 476 g/mol. The highest BCUT2D eigenvalue weighted by Crippen LogP contribution is 2.41. The van der Waals surface area contributed by atoms with Crippen LogP contribution in [-0.2, 0) is 16.4 Å². The predicted molar refractivity (Wildman–Crippen MR) is 127 cm³/mol. The fourth-order valence-electron chi connectivity index (χ4n) is 4.16. The quantitative estimate of drug-likeness (QED) is 0.318. The number of benzene rings is 3.